The van der Waals surface area contributed by atoms with Gasteiger partial charge in [-0.2, -0.15) is 0 Å². The number of nitrogens with one attached hydrogen (secondary N) is 1. The summed E-state index contributed by atoms with van der Waals surface area (Å²) >= 11 is 0. The van der Waals surface area contributed by atoms with Gasteiger partial charge in [0, 0.05) is 12.3 Å². The van der Waals surface area contributed by atoms with E-state index in [2.05, 4.69) is 0 Å². The van der Waals surface area contributed by atoms with Crippen LogP contribution < -0.4 is 0 Å². The lowest BCUT2D eigenvalue weighted by Gasteiger charge is -2.28. The van der Waals surface area contributed by atoms with Crippen LogP contribution in [0.5, 0.6) is 0 Å². The minimum absolute atomic E-state index is 0.0557. The summed E-state index contributed by atoms with van der Waals surface area (Å²) in [6.45, 7) is 8.01. The molecule has 1 atom stereocenters. The molecular formula is C11H20N2O2. The maximum absolute atomic E-state index is 11.8. The molecule has 1 saturated heterocycles. The first kappa shape index (κ1) is 12.0. The zero-order valence-corrected chi connectivity index (χ0v) is 9.96. The van der Waals surface area contributed by atoms with Crippen molar-refractivity contribution >= 4 is 11.8 Å². The van der Waals surface area contributed by atoms with Gasteiger partial charge in [0.2, 0.25) is 0 Å². The molecule has 0 spiro atoms. The summed E-state index contributed by atoms with van der Waals surface area (Å²) in [7, 11) is 0. The van der Waals surface area contributed by atoms with Crippen molar-refractivity contribution < 1.29 is 9.53 Å². The molecule has 1 rings (SSSR count). The van der Waals surface area contributed by atoms with Crippen LogP contribution in [0.25, 0.3) is 0 Å². The number of nitrogens with zero attached hydrogens (tertiary/aromatic N) is 1. The maximum atomic E-state index is 11.8. The van der Waals surface area contributed by atoms with E-state index in [1.54, 1.807) is 11.8 Å². The number of amides is 1. The van der Waals surface area contributed by atoms with E-state index in [9.17, 15) is 4.79 Å². The molecule has 1 aliphatic rings. The van der Waals surface area contributed by atoms with E-state index in [1.165, 1.54) is 0 Å². The number of carbonyl (C=O) groups excluding carboxylic acids is 1. The lowest BCUT2D eigenvalue weighted by molar-refractivity contribution is 0.0265. The molecular weight excluding hydrogens is 192 g/mol. The van der Waals surface area contributed by atoms with Gasteiger partial charge in [-0.05, 0) is 40.5 Å². The molecule has 1 N–H and O–H groups in total. The molecule has 86 valence electrons. The van der Waals surface area contributed by atoms with Gasteiger partial charge in [-0.3, -0.25) is 4.90 Å². The van der Waals surface area contributed by atoms with Crippen LogP contribution in [0.15, 0.2) is 0 Å². The van der Waals surface area contributed by atoms with Crippen molar-refractivity contribution in [1.82, 2.24) is 4.90 Å². The van der Waals surface area contributed by atoms with Crippen molar-refractivity contribution in [2.45, 2.75) is 52.2 Å². The molecule has 0 saturated carbocycles. The summed E-state index contributed by atoms with van der Waals surface area (Å²) in [6, 6.07) is -0.0557. The monoisotopic (exact) mass is 212 g/mol. The van der Waals surface area contributed by atoms with Crippen LogP contribution >= 0.6 is 0 Å². The molecule has 0 radical (unpaired) electrons. The third-order valence-corrected chi connectivity index (χ3v) is 2.38. The predicted molar refractivity (Wildman–Crippen MR) is 59.4 cm³/mol. The van der Waals surface area contributed by atoms with Crippen LogP contribution in [0, 0.1) is 5.41 Å². The Morgan fingerprint density at radius 2 is 2.07 bits per heavy atom. The van der Waals surface area contributed by atoms with E-state index >= 15 is 0 Å². The number of hydrogen-bond donors (Lipinski definition) is 1. The lowest BCUT2D eigenvalue weighted by Crippen LogP contribution is -2.42. The largest absolute Gasteiger partial charge is 0.444 e. The molecule has 4 heteroatoms. The maximum Gasteiger partial charge on any atom is 0.410 e. The molecule has 0 aromatic heterocycles. The van der Waals surface area contributed by atoms with Gasteiger partial charge >= 0.3 is 6.09 Å². The standard InChI is InChI=1S/C11H20N2O2/c1-8(12)9-6-5-7-13(9)10(14)15-11(2,3)4/h9,12H,5-7H2,1-4H3/t9-/m0/s1. The van der Waals surface area contributed by atoms with E-state index in [-0.39, 0.29) is 12.1 Å². The van der Waals surface area contributed by atoms with E-state index in [1.807, 2.05) is 20.8 Å². The van der Waals surface area contributed by atoms with Crippen LogP contribution in [0.1, 0.15) is 40.5 Å². The Morgan fingerprint density at radius 3 is 2.53 bits per heavy atom. The zero-order valence-electron chi connectivity index (χ0n) is 9.96. The Balaban J connectivity index is 2.63. The molecule has 0 aliphatic carbocycles. The van der Waals surface area contributed by atoms with E-state index in [0.29, 0.717) is 12.3 Å². The summed E-state index contributed by atoms with van der Waals surface area (Å²) in [6.07, 6.45) is 1.55. The highest BCUT2D eigenvalue weighted by Gasteiger charge is 2.32. The SMILES string of the molecule is CC(=N)[C@@H]1CCCN1C(=O)OC(C)(C)C. The normalized spacial score (nSPS) is 21.6. The van der Waals surface area contributed by atoms with Gasteiger partial charge in [0.1, 0.15) is 5.60 Å². The zero-order chi connectivity index (χ0) is 11.6. The van der Waals surface area contributed by atoms with Gasteiger partial charge in [-0.25, -0.2) is 4.79 Å². The van der Waals surface area contributed by atoms with Crippen molar-refractivity contribution in [2.75, 3.05) is 6.54 Å². The Morgan fingerprint density at radius 1 is 1.47 bits per heavy atom. The Labute approximate surface area is 91.1 Å². The highest BCUT2D eigenvalue weighted by Crippen LogP contribution is 2.21. The van der Waals surface area contributed by atoms with Crippen LogP contribution in [-0.4, -0.2) is 34.9 Å². The van der Waals surface area contributed by atoms with Crippen LogP contribution in [0.4, 0.5) is 4.79 Å². The second kappa shape index (κ2) is 4.21. The van der Waals surface area contributed by atoms with Crippen molar-refractivity contribution in [3.8, 4) is 0 Å². The summed E-state index contributed by atoms with van der Waals surface area (Å²) in [5.74, 6) is 0. The van der Waals surface area contributed by atoms with Crippen LogP contribution in [-0.2, 0) is 4.74 Å². The van der Waals surface area contributed by atoms with Gasteiger partial charge in [0.15, 0.2) is 0 Å². The fourth-order valence-electron chi connectivity index (χ4n) is 1.76. The number of rotatable bonds is 1. The number of carbonyl (C=O) groups is 1. The van der Waals surface area contributed by atoms with E-state index in [0.717, 1.165) is 12.8 Å². The first-order valence-electron chi connectivity index (χ1n) is 5.36. The first-order valence-corrected chi connectivity index (χ1v) is 5.36. The van der Waals surface area contributed by atoms with E-state index in [4.69, 9.17) is 10.1 Å². The number of ether oxygens (including phenoxy) is 1. The number of likely N-dealkylation sites (tertiary alicyclic amines) is 1. The second-order valence-electron chi connectivity index (χ2n) is 5.01. The third-order valence-electron chi connectivity index (χ3n) is 2.38. The Kier molecular flexibility index (Phi) is 3.37. The molecule has 1 heterocycles. The molecule has 0 unspecified atom stereocenters. The molecule has 15 heavy (non-hydrogen) atoms. The first-order chi connectivity index (χ1) is 6.81. The van der Waals surface area contributed by atoms with Gasteiger partial charge in [0.25, 0.3) is 0 Å². The van der Waals surface area contributed by atoms with Crippen molar-refractivity contribution in [1.29, 1.82) is 5.41 Å². The van der Waals surface area contributed by atoms with Crippen LogP contribution in [0.3, 0.4) is 0 Å². The van der Waals surface area contributed by atoms with E-state index < -0.39 is 5.60 Å². The summed E-state index contributed by atoms with van der Waals surface area (Å²) in [4.78, 5) is 13.4. The molecule has 1 aliphatic heterocycles. The minimum atomic E-state index is -0.458. The fraction of sp³-hybridized carbons (Fsp3) is 0.818. The van der Waals surface area contributed by atoms with Crippen molar-refractivity contribution in [2.24, 2.45) is 0 Å². The fourth-order valence-corrected chi connectivity index (χ4v) is 1.76. The highest BCUT2D eigenvalue weighted by atomic mass is 16.6. The average Bonchev–Trinajstić information content (AvgIpc) is 2.47. The molecule has 0 aromatic carbocycles. The topological polar surface area (TPSA) is 53.4 Å². The summed E-state index contributed by atoms with van der Waals surface area (Å²) < 4.78 is 5.29. The van der Waals surface area contributed by atoms with Gasteiger partial charge in [0.05, 0.1) is 6.04 Å². The molecule has 0 aromatic rings. The summed E-state index contributed by atoms with van der Waals surface area (Å²) in [5.41, 5.74) is 0.0820. The van der Waals surface area contributed by atoms with Crippen molar-refractivity contribution in [3.05, 3.63) is 0 Å². The number of hydrogen-bond acceptors (Lipinski definition) is 3. The second-order valence-corrected chi connectivity index (χ2v) is 5.01. The smallest absolute Gasteiger partial charge is 0.410 e. The Hall–Kier alpha value is -1.06. The van der Waals surface area contributed by atoms with Gasteiger partial charge < -0.3 is 10.1 Å². The average molecular weight is 212 g/mol. The molecule has 1 amide bonds. The third kappa shape index (κ3) is 3.22. The Bertz CT molecular complexity index is 268. The van der Waals surface area contributed by atoms with Crippen LogP contribution in [0.2, 0.25) is 0 Å². The predicted octanol–water partition coefficient (Wildman–Crippen LogP) is 2.43. The molecule has 4 nitrogen and oxygen atoms in total. The highest BCUT2D eigenvalue weighted by molar-refractivity contribution is 5.88. The van der Waals surface area contributed by atoms with Gasteiger partial charge in [-0.1, -0.05) is 0 Å². The van der Waals surface area contributed by atoms with Gasteiger partial charge in [-0.15, -0.1) is 0 Å². The molecule has 0 bridgehead atoms. The molecule has 1 fully saturated rings. The van der Waals surface area contributed by atoms with Crippen molar-refractivity contribution in [3.63, 3.8) is 0 Å². The quantitative estimate of drug-likeness (QED) is 0.679. The summed E-state index contributed by atoms with van der Waals surface area (Å²) in [5, 5.41) is 7.60. The minimum Gasteiger partial charge on any atom is -0.444 e. The lowest BCUT2D eigenvalue weighted by atomic mass is 10.1.